The van der Waals surface area contributed by atoms with Crippen LogP contribution in [0.25, 0.3) is 0 Å². The molecule has 0 aliphatic rings. The minimum atomic E-state index is -3.68. The smallest absolute Gasteiger partial charge is 0.352 e. The molecule has 0 amide bonds. The molecule has 1 aromatic heterocycles. The zero-order valence-corrected chi connectivity index (χ0v) is 12.4. The Bertz CT molecular complexity index is 550. The summed E-state index contributed by atoms with van der Waals surface area (Å²) in [6.07, 6.45) is 2.62. The lowest BCUT2D eigenvalue weighted by atomic mass is 10.4. The molecule has 0 bridgehead atoms. The summed E-state index contributed by atoms with van der Waals surface area (Å²) in [5, 5.41) is 9.06. The number of nitrogens with one attached hydrogen (secondary N) is 1. The number of aromatic carboxylic acids is 1. The first kappa shape index (κ1) is 16.7. The van der Waals surface area contributed by atoms with Gasteiger partial charge in [0, 0.05) is 33.0 Å². The molecule has 2 N–H and O–H groups in total. The van der Waals surface area contributed by atoms with Crippen LogP contribution in [-0.2, 0) is 21.3 Å². The maximum atomic E-state index is 12.0. The summed E-state index contributed by atoms with van der Waals surface area (Å²) in [7, 11) is -2.14. The molecular weight excluding hydrogens is 284 g/mol. The van der Waals surface area contributed by atoms with E-state index in [0.717, 1.165) is 6.42 Å². The highest BCUT2D eigenvalue weighted by Gasteiger charge is 2.20. The van der Waals surface area contributed by atoms with Crippen LogP contribution in [0.5, 0.6) is 0 Å². The fraction of sp³-hybridized carbons (Fsp3) is 0.583. The van der Waals surface area contributed by atoms with Crippen molar-refractivity contribution in [2.45, 2.75) is 31.2 Å². The van der Waals surface area contributed by atoms with Crippen molar-refractivity contribution < 1.29 is 23.1 Å². The first-order valence-corrected chi connectivity index (χ1v) is 7.82. The van der Waals surface area contributed by atoms with E-state index in [-0.39, 0.29) is 17.1 Å². The number of methoxy groups -OCH3 is 1. The summed E-state index contributed by atoms with van der Waals surface area (Å²) in [4.78, 5) is 11.1. The normalized spacial score (nSPS) is 11.7. The molecule has 0 saturated carbocycles. The Labute approximate surface area is 118 Å². The molecule has 0 unspecified atom stereocenters. The van der Waals surface area contributed by atoms with Gasteiger partial charge in [-0.1, -0.05) is 6.92 Å². The number of hydrogen-bond donors (Lipinski definition) is 2. The highest BCUT2D eigenvalue weighted by Crippen LogP contribution is 2.15. The van der Waals surface area contributed by atoms with E-state index < -0.39 is 16.0 Å². The number of carboxylic acid groups (broad SMARTS) is 1. The van der Waals surface area contributed by atoms with Crippen molar-refractivity contribution >= 4 is 16.0 Å². The maximum absolute atomic E-state index is 12.0. The number of aromatic nitrogens is 1. The number of nitrogens with zero attached hydrogens (tertiary/aromatic N) is 1. The average molecular weight is 304 g/mol. The lowest BCUT2D eigenvalue weighted by Gasteiger charge is -2.04. The second-order valence-electron chi connectivity index (χ2n) is 4.30. The maximum Gasteiger partial charge on any atom is 0.352 e. The molecule has 0 aliphatic carbocycles. The van der Waals surface area contributed by atoms with Gasteiger partial charge in [0.05, 0.1) is 0 Å². The molecule has 8 heteroatoms. The number of hydrogen-bond acceptors (Lipinski definition) is 4. The molecule has 1 heterocycles. The van der Waals surface area contributed by atoms with Crippen LogP contribution in [0.4, 0.5) is 0 Å². The highest BCUT2D eigenvalue weighted by molar-refractivity contribution is 7.89. The Balaban J connectivity index is 2.89. The van der Waals surface area contributed by atoms with Gasteiger partial charge < -0.3 is 14.4 Å². The Kier molecular flexibility index (Phi) is 6.18. The molecule has 0 radical (unpaired) electrons. The highest BCUT2D eigenvalue weighted by atomic mass is 32.2. The Morgan fingerprint density at radius 3 is 2.75 bits per heavy atom. The average Bonchev–Trinajstić information content (AvgIpc) is 2.80. The molecule has 0 atom stereocenters. The molecule has 0 aliphatic heterocycles. The topological polar surface area (TPSA) is 97.6 Å². The van der Waals surface area contributed by atoms with E-state index >= 15 is 0 Å². The van der Waals surface area contributed by atoms with Gasteiger partial charge in [-0.05, 0) is 18.9 Å². The molecule has 20 heavy (non-hydrogen) atoms. The van der Waals surface area contributed by atoms with Crippen LogP contribution in [0.3, 0.4) is 0 Å². The van der Waals surface area contributed by atoms with Gasteiger partial charge in [-0.2, -0.15) is 0 Å². The molecular formula is C12H20N2O5S. The zero-order chi connectivity index (χ0) is 15.2. The van der Waals surface area contributed by atoms with Gasteiger partial charge >= 0.3 is 5.97 Å². The van der Waals surface area contributed by atoms with E-state index in [1.165, 1.54) is 16.8 Å². The fourth-order valence-corrected chi connectivity index (χ4v) is 2.85. The zero-order valence-electron chi connectivity index (χ0n) is 11.6. The van der Waals surface area contributed by atoms with Gasteiger partial charge in [-0.3, -0.25) is 0 Å². The summed E-state index contributed by atoms with van der Waals surface area (Å²) >= 11 is 0. The quantitative estimate of drug-likeness (QED) is 0.661. The van der Waals surface area contributed by atoms with Gasteiger partial charge in [-0.25, -0.2) is 17.9 Å². The second kappa shape index (κ2) is 7.41. The van der Waals surface area contributed by atoms with E-state index in [2.05, 4.69) is 4.72 Å². The predicted molar refractivity (Wildman–Crippen MR) is 73.4 cm³/mol. The van der Waals surface area contributed by atoms with E-state index in [1.54, 1.807) is 7.11 Å². The summed E-state index contributed by atoms with van der Waals surface area (Å²) in [5.41, 5.74) is -0.0240. The van der Waals surface area contributed by atoms with E-state index in [0.29, 0.717) is 19.6 Å². The predicted octanol–water partition coefficient (Wildman–Crippen LogP) is 0.911. The summed E-state index contributed by atoms with van der Waals surface area (Å²) in [5.74, 6) is -1.14. The van der Waals surface area contributed by atoms with Crippen molar-refractivity contribution in [1.29, 1.82) is 0 Å². The lowest BCUT2D eigenvalue weighted by molar-refractivity contribution is 0.0685. The molecule has 0 aromatic carbocycles. The number of aryl methyl sites for hydroxylation is 1. The first-order chi connectivity index (χ1) is 9.42. The van der Waals surface area contributed by atoms with Crippen LogP contribution >= 0.6 is 0 Å². The molecule has 7 nitrogen and oxygen atoms in total. The van der Waals surface area contributed by atoms with Gasteiger partial charge in [0.2, 0.25) is 10.0 Å². The Hall–Kier alpha value is -1.38. The molecule has 0 spiro atoms. The number of carbonyl (C=O) groups is 1. The summed E-state index contributed by atoms with van der Waals surface area (Å²) < 4.78 is 32.7. The van der Waals surface area contributed by atoms with Crippen LogP contribution in [0.15, 0.2) is 17.2 Å². The largest absolute Gasteiger partial charge is 0.477 e. The standard InChI is InChI=1S/C12H20N2O5S/c1-3-6-14-9-10(8-11(14)12(15)16)20(17,18)13-5-4-7-19-2/h8-9,13H,3-7H2,1-2H3,(H,15,16). The summed E-state index contributed by atoms with van der Waals surface area (Å²) in [6, 6.07) is 1.18. The van der Waals surface area contributed by atoms with E-state index in [9.17, 15) is 13.2 Å². The van der Waals surface area contributed by atoms with Gasteiger partial charge in [0.25, 0.3) is 0 Å². The number of rotatable bonds is 9. The van der Waals surface area contributed by atoms with Crippen LogP contribution in [0.1, 0.15) is 30.3 Å². The van der Waals surface area contributed by atoms with Gasteiger partial charge in [0.1, 0.15) is 10.6 Å². The van der Waals surface area contributed by atoms with Crippen molar-refractivity contribution in [3.05, 3.63) is 18.0 Å². The van der Waals surface area contributed by atoms with Crippen molar-refractivity contribution in [2.24, 2.45) is 0 Å². The van der Waals surface area contributed by atoms with E-state index in [1.807, 2.05) is 6.92 Å². The van der Waals surface area contributed by atoms with E-state index in [4.69, 9.17) is 9.84 Å². The first-order valence-electron chi connectivity index (χ1n) is 6.34. The van der Waals surface area contributed by atoms with Crippen LogP contribution < -0.4 is 4.72 Å². The minimum Gasteiger partial charge on any atom is -0.477 e. The third-order valence-electron chi connectivity index (χ3n) is 2.68. The van der Waals surface area contributed by atoms with Gasteiger partial charge in [-0.15, -0.1) is 0 Å². The van der Waals surface area contributed by atoms with Crippen molar-refractivity contribution in [2.75, 3.05) is 20.3 Å². The molecule has 1 aromatic rings. The van der Waals surface area contributed by atoms with Crippen LogP contribution in [-0.4, -0.2) is 44.3 Å². The number of ether oxygens (including phenoxy) is 1. The Morgan fingerprint density at radius 2 is 2.20 bits per heavy atom. The minimum absolute atomic E-state index is 0.0240. The monoisotopic (exact) mass is 304 g/mol. The second-order valence-corrected chi connectivity index (χ2v) is 6.07. The van der Waals surface area contributed by atoms with Crippen LogP contribution in [0.2, 0.25) is 0 Å². The summed E-state index contributed by atoms with van der Waals surface area (Å²) in [6.45, 7) is 3.06. The van der Waals surface area contributed by atoms with Crippen molar-refractivity contribution in [1.82, 2.24) is 9.29 Å². The van der Waals surface area contributed by atoms with Gasteiger partial charge in [0.15, 0.2) is 0 Å². The lowest BCUT2D eigenvalue weighted by Crippen LogP contribution is -2.25. The molecule has 0 fully saturated rings. The van der Waals surface area contributed by atoms with Crippen LogP contribution in [0, 0.1) is 0 Å². The Morgan fingerprint density at radius 1 is 1.50 bits per heavy atom. The third kappa shape index (κ3) is 4.32. The molecule has 1 rings (SSSR count). The van der Waals surface area contributed by atoms with Crippen molar-refractivity contribution in [3.8, 4) is 0 Å². The molecule has 0 saturated heterocycles. The number of sulfonamides is 1. The van der Waals surface area contributed by atoms with Crippen molar-refractivity contribution in [3.63, 3.8) is 0 Å². The SMILES string of the molecule is CCCn1cc(S(=O)(=O)NCCCOC)cc1C(=O)O. The number of carboxylic acids is 1. The molecule has 114 valence electrons. The fourth-order valence-electron chi connectivity index (χ4n) is 1.74. The third-order valence-corrected chi connectivity index (χ3v) is 4.11.